The SMILES string of the molecule is CC1(C(=O)Nc2c(F)cc(F)cc2[N+](=O)[O-])CCNC1. The van der Waals surface area contributed by atoms with Crippen LogP contribution in [0.5, 0.6) is 0 Å². The van der Waals surface area contributed by atoms with E-state index in [1.54, 1.807) is 6.92 Å². The van der Waals surface area contributed by atoms with E-state index < -0.39 is 39.3 Å². The molecule has 1 fully saturated rings. The number of rotatable bonds is 3. The molecule has 0 bridgehead atoms. The van der Waals surface area contributed by atoms with Crippen LogP contribution >= 0.6 is 0 Å². The van der Waals surface area contributed by atoms with Gasteiger partial charge < -0.3 is 10.6 Å². The van der Waals surface area contributed by atoms with Gasteiger partial charge in [-0.25, -0.2) is 8.78 Å². The van der Waals surface area contributed by atoms with E-state index in [9.17, 15) is 23.7 Å². The number of halogens is 2. The average Bonchev–Trinajstić information content (AvgIpc) is 2.80. The van der Waals surface area contributed by atoms with Gasteiger partial charge in [-0.3, -0.25) is 14.9 Å². The second kappa shape index (κ2) is 5.12. The third kappa shape index (κ3) is 2.60. The first-order valence-corrected chi connectivity index (χ1v) is 5.99. The largest absolute Gasteiger partial charge is 0.317 e. The van der Waals surface area contributed by atoms with E-state index >= 15 is 0 Å². The number of hydrogen-bond donors (Lipinski definition) is 2. The average molecular weight is 285 g/mol. The molecule has 1 aliphatic heterocycles. The molecule has 0 spiro atoms. The molecule has 1 aliphatic rings. The summed E-state index contributed by atoms with van der Waals surface area (Å²) in [6, 6.07) is 1.08. The molecule has 108 valence electrons. The normalized spacial score (nSPS) is 21.8. The first-order valence-electron chi connectivity index (χ1n) is 5.99. The minimum atomic E-state index is -1.17. The molecule has 1 heterocycles. The molecule has 1 saturated heterocycles. The van der Waals surface area contributed by atoms with Gasteiger partial charge in [-0.2, -0.15) is 0 Å². The van der Waals surface area contributed by atoms with E-state index in [1.807, 2.05) is 0 Å². The van der Waals surface area contributed by atoms with Crippen LogP contribution in [0.3, 0.4) is 0 Å². The quantitative estimate of drug-likeness (QED) is 0.655. The van der Waals surface area contributed by atoms with E-state index in [-0.39, 0.29) is 0 Å². The fourth-order valence-electron chi connectivity index (χ4n) is 2.10. The topological polar surface area (TPSA) is 84.3 Å². The summed E-state index contributed by atoms with van der Waals surface area (Å²) in [6.07, 6.45) is 0.537. The van der Waals surface area contributed by atoms with Gasteiger partial charge in [0.1, 0.15) is 5.82 Å². The molecule has 6 nitrogen and oxygen atoms in total. The maximum Gasteiger partial charge on any atom is 0.298 e. The number of nitro groups is 1. The van der Waals surface area contributed by atoms with Gasteiger partial charge in [-0.05, 0) is 19.9 Å². The highest BCUT2D eigenvalue weighted by atomic mass is 19.1. The number of benzene rings is 1. The predicted molar refractivity (Wildman–Crippen MR) is 67.2 cm³/mol. The summed E-state index contributed by atoms with van der Waals surface area (Å²) in [7, 11) is 0. The molecule has 2 rings (SSSR count). The summed E-state index contributed by atoms with van der Waals surface area (Å²) in [5, 5.41) is 16.0. The highest BCUT2D eigenvalue weighted by Gasteiger charge is 2.37. The van der Waals surface area contributed by atoms with Gasteiger partial charge in [0.2, 0.25) is 5.91 Å². The Bertz CT molecular complexity index is 571. The van der Waals surface area contributed by atoms with Crippen LogP contribution < -0.4 is 10.6 Å². The summed E-state index contributed by atoms with van der Waals surface area (Å²) in [4.78, 5) is 22.0. The van der Waals surface area contributed by atoms with Crippen LogP contribution in [0.25, 0.3) is 0 Å². The number of anilines is 1. The lowest BCUT2D eigenvalue weighted by Crippen LogP contribution is -2.35. The Balaban J connectivity index is 2.33. The second-order valence-electron chi connectivity index (χ2n) is 4.98. The number of amides is 1. The van der Waals surface area contributed by atoms with Gasteiger partial charge in [0.25, 0.3) is 5.69 Å². The van der Waals surface area contributed by atoms with Crippen molar-refractivity contribution < 1.29 is 18.5 Å². The standard InChI is InChI=1S/C12H13F2N3O3/c1-12(2-3-15-6-12)11(18)16-10-8(14)4-7(13)5-9(10)17(19)20/h4-5,15H,2-3,6H2,1H3,(H,16,18). The molecule has 0 aromatic heterocycles. The fraction of sp³-hybridized carbons (Fsp3) is 0.417. The zero-order chi connectivity index (χ0) is 14.9. The predicted octanol–water partition coefficient (Wildman–Crippen LogP) is 1.81. The van der Waals surface area contributed by atoms with Crippen molar-refractivity contribution >= 4 is 17.3 Å². The molecule has 1 aromatic carbocycles. The highest BCUT2D eigenvalue weighted by molar-refractivity contribution is 5.97. The zero-order valence-corrected chi connectivity index (χ0v) is 10.7. The molecule has 1 atom stereocenters. The van der Waals surface area contributed by atoms with Crippen molar-refractivity contribution in [3.05, 3.63) is 33.9 Å². The Hall–Kier alpha value is -2.09. The van der Waals surface area contributed by atoms with Gasteiger partial charge in [-0.15, -0.1) is 0 Å². The summed E-state index contributed by atoms with van der Waals surface area (Å²) in [5.74, 6) is -2.77. The third-order valence-electron chi connectivity index (χ3n) is 3.39. The lowest BCUT2D eigenvalue weighted by molar-refractivity contribution is -0.384. The zero-order valence-electron chi connectivity index (χ0n) is 10.7. The van der Waals surface area contributed by atoms with Crippen molar-refractivity contribution in [2.45, 2.75) is 13.3 Å². The smallest absolute Gasteiger partial charge is 0.298 e. The van der Waals surface area contributed by atoms with Crippen LogP contribution in [0.4, 0.5) is 20.2 Å². The number of nitrogens with one attached hydrogen (secondary N) is 2. The van der Waals surface area contributed by atoms with Crippen molar-refractivity contribution in [1.29, 1.82) is 0 Å². The van der Waals surface area contributed by atoms with Gasteiger partial charge >= 0.3 is 0 Å². The summed E-state index contributed by atoms with van der Waals surface area (Å²) in [5.41, 5.74) is -2.17. The molecule has 1 unspecified atom stereocenters. The third-order valence-corrected chi connectivity index (χ3v) is 3.39. The molecule has 0 radical (unpaired) electrons. The van der Waals surface area contributed by atoms with Gasteiger partial charge in [-0.1, -0.05) is 0 Å². The van der Waals surface area contributed by atoms with Crippen molar-refractivity contribution in [2.75, 3.05) is 18.4 Å². The molecule has 20 heavy (non-hydrogen) atoms. The molecule has 8 heteroatoms. The van der Waals surface area contributed by atoms with Crippen molar-refractivity contribution in [3.8, 4) is 0 Å². The number of carbonyl (C=O) groups excluding carboxylic acids is 1. The molecular formula is C12H13F2N3O3. The van der Waals surface area contributed by atoms with E-state index in [4.69, 9.17) is 0 Å². The molecule has 0 aliphatic carbocycles. The summed E-state index contributed by atoms with van der Waals surface area (Å²) < 4.78 is 26.7. The Kier molecular flexibility index (Phi) is 3.67. The number of hydrogen-bond acceptors (Lipinski definition) is 4. The Labute approximate surface area is 113 Å². The molecular weight excluding hydrogens is 272 g/mol. The monoisotopic (exact) mass is 285 g/mol. The summed E-state index contributed by atoms with van der Waals surface area (Å²) in [6.45, 7) is 2.71. The molecule has 1 aromatic rings. The van der Waals surface area contributed by atoms with E-state index in [0.29, 0.717) is 31.6 Å². The first-order chi connectivity index (χ1) is 9.33. The summed E-state index contributed by atoms with van der Waals surface area (Å²) >= 11 is 0. The van der Waals surface area contributed by atoms with Crippen molar-refractivity contribution in [3.63, 3.8) is 0 Å². The van der Waals surface area contributed by atoms with Gasteiger partial charge in [0, 0.05) is 12.6 Å². The molecule has 2 N–H and O–H groups in total. The van der Waals surface area contributed by atoms with Gasteiger partial charge in [0.05, 0.1) is 16.4 Å². The van der Waals surface area contributed by atoms with E-state index in [0.717, 1.165) is 0 Å². The van der Waals surface area contributed by atoms with Gasteiger partial charge in [0.15, 0.2) is 11.5 Å². The minimum absolute atomic E-state index is 0.398. The van der Waals surface area contributed by atoms with Crippen LogP contribution in [0.1, 0.15) is 13.3 Å². The minimum Gasteiger partial charge on any atom is -0.317 e. The van der Waals surface area contributed by atoms with Crippen LogP contribution in [0.2, 0.25) is 0 Å². The Morgan fingerprint density at radius 3 is 2.75 bits per heavy atom. The van der Waals surface area contributed by atoms with Crippen molar-refractivity contribution in [2.24, 2.45) is 5.41 Å². The maximum atomic E-state index is 13.7. The number of nitro benzene ring substituents is 1. The number of carbonyl (C=O) groups is 1. The van der Waals surface area contributed by atoms with Crippen LogP contribution in [0.15, 0.2) is 12.1 Å². The highest BCUT2D eigenvalue weighted by Crippen LogP contribution is 2.32. The fourth-order valence-corrected chi connectivity index (χ4v) is 2.10. The van der Waals surface area contributed by atoms with Crippen LogP contribution in [-0.4, -0.2) is 23.9 Å². The van der Waals surface area contributed by atoms with E-state index in [1.165, 1.54) is 0 Å². The number of nitrogens with zero attached hydrogens (tertiary/aromatic N) is 1. The van der Waals surface area contributed by atoms with E-state index in [2.05, 4.69) is 10.6 Å². The Morgan fingerprint density at radius 1 is 1.50 bits per heavy atom. The van der Waals surface area contributed by atoms with Crippen LogP contribution in [-0.2, 0) is 4.79 Å². The Morgan fingerprint density at radius 2 is 2.20 bits per heavy atom. The maximum absolute atomic E-state index is 13.7. The lowest BCUT2D eigenvalue weighted by atomic mass is 9.88. The second-order valence-corrected chi connectivity index (χ2v) is 4.98. The lowest BCUT2D eigenvalue weighted by Gasteiger charge is -2.21. The van der Waals surface area contributed by atoms with Crippen molar-refractivity contribution in [1.82, 2.24) is 5.32 Å². The van der Waals surface area contributed by atoms with Crippen LogP contribution in [0, 0.1) is 27.2 Å². The molecule has 0 saturated carbocycles. The first kappa shape index (κ1) is 14.3. The molecule has 1 amide bonds.